The summed E-state index contributed by atoms with van der Waals surface area (Å²) < 4.78 is 11.3. The van der Waals surface area contributed by atoms with Crippen LogP contribution in [0.3, 0.4) is 0 Å². The standard InChI is InChI=1S/C17H24N2O3/c20-17(15-5-9-21-10-6-15)19-8-2-4-16(12-19)22-13-14-3-1-7-18-11-14/h1,3,7,11,15-16H,2,4-6,8-10,12-13H2/t16-/m0/s1. The van der Waals surface area contributed by atoms with Crippen molar-refractivity contribution in [1.82, 2.24) is 9.88 Å². The number of pyridine rings is 1. The highest BCUT2D eigenvalue weighted by molar-refractivity contribution is 5.79. The molecule has 5 heteroatoms. The second kappa shape index (κ2) is 7.70. The molecule has 0 bridgehead atoms. The predicted octanol–water partition coefficient (Wildman–Crippen LogP) is 2.02. The number of nitrogens with zero attached hydrogens (tertiary/aromatic N) is 2. The number of hydrogen-bond acceptors (Lipinski definition) is 4. The summed E-state index contributed by atoms with van der Waals surface area (Å²) >= 11 is 0. The van der Waals surface area contributed by atoms with Gasteiger partial charge < -0.3 is 14.4 Å². The van der Waals surface area contributed by atoms with E-state index in [1.165, 1.54) is 0 Å². The van der Waals surface area contributed by atoms with Crippen LogP contribution in [0.4, 0.5) is 0 Å². The van der Waals surface area contributed by atoms with Crippen LogP contribution >= 0.6 is 0 Å². The van der Waals surface area contributed by atoms with Crippen molar-refractivity contribution in [2.45, 2.75) is 38.4 Å². The summed E-state index contributed by atoms with van der Waals surface area (Å²) in [4.78, 5) is 18.7. The Labute approximate surface area is 131 Å². The van der Waals surface area contributed by atoms with E-state index in [1.807, 2.05) is 23.2 Å². The molecule has 3 rings (SSSR count). The van der Waals surface area contributed by atoms with Crippen LogP contribution in [0.1, 0.15) is 31.2 Å². The molecule has 120 valence electrons. The molecule has 2 aliphatic heterocycles. The summed E-state index contributed by atoms with van der Waals surface area (Å²) in [6, 6.07) is 3.93. The van der Waals surface area contributed by atoms with Crippen LogP contribution in [0, 0.1) is 5.92 Å². The number of aromatic nitrogens is 1. The van der Waals surface area contributed by atoms with Gasteiger partial charge in [0.2, 0.25) is 5.91 Å². The molecule has 1 aromatic rings. The first-order valence-corrected chi connectivity index (χ1v) is 8.20. The normalized spacial score (nSPS) is 23.5. The van der Waals surface area contributed by atoms with Crippen LogP contribution in [-0.2, 0) is 20.9 Å². The number of ether oxygens (including phenoxy) is 2. The van der Waals surface area contributed by atoms with E-state index in [0.717, 1.165) is 44.3 Å². The summed E-state index contributed by atoms with van der Waals surface area (Å²) in [5.74, 6) is 0.434. The smallest absolute Gasteiger partial charge is 0.225 e. The van der Waals surface area contributed by atoms with E-state index in [-0.39, 0.29) is 17.9 Å². The number of carbonyl (C=O) groups is 1. The number of amides is 1. The average molecular weight is 304 g/mol. The Bertz CT molecular complexity index is 474. The maximum absolute atomic E-state index is 12.6. The van der Waals surface area contributed by atoms with Crippen molar-refractivity contribution in [3.63, 3.8) is 0 Å². The van der Waals surface area contributed by atoms with E-state index in [4.69, 9.17) is 9.47 Å². The molecule has 22 heavy (non-hydrogen) atoms. The molecule has 0 saturated carbocycles. The second-order valence-electron chi connectivity index (χ2n) is 6.11. The molecule has 1 aromatic heterocycles. The predicted molar refractivity (Wildman–Crippen MR) is 82.2 cm³/mol. The van der Waals surface area contributed by atoms with Crippen molar-refractivity contribution in [2.75, 3.05) is 26.3 Å². The van der Waals surface area contributed by atoms with Gasteiger partial charge in [-0.2, -0.15) is 0 Å². The molecule has 5 nitrogen and oxygen atoms in total. The topological polar surface area (TPSA) is 51.7 Å². The van der Waals surface area contributed by atoms with Crippen LogP contribution in [0.15, 0.2) is 24.5 Å². The minimum absolute atomic E-state index is 0.137. The Morgan fingerprint density at radius 3 is 3.00 bits per heavy atom. The van der Waals surface area contributed by atoms with Gasteiger partial charge in [0.05, 0.1) is 12.7 Å². The summed E-state index contributed by atoms with van der Waals surface area (Å²) in [5.41, 5.74) is 1.08. The Morgan fingerprint density at radius 2 is 2.23 bits per heavy atom. The Balaban J connectivity index is 1.49. The first kappa shape index (κ1) is 15.4. The van der Waals surface area contributed by atoms with Crippen LogP contribution in [0.5, 0.6) is 0 Å². The fourth-order valence-corrected chi connectivity index (χ4v) is 3.17. The van der Waals surface area contributed by atoms with E-state index in [0.29, 0.717) is 19.8 Å². The fraction of sp³-hybridized carbons (Fsp3) is 0.647. The van der Waals surface area contributed by atoms with E-state index < -0.39 is 0 Å². The lowest BCUT2D eigenvalue weighted by Gasteiger charge is -2.35. The van der Waals surface area contributed by atoms with Gasteiger partial charge in [-0.05, 0) is 37.3 Å². The number of rotatable bonds is 4. The van der Waals surface area contributed by atoms with Gasteiger partial charge in [0, 0.05) is 44.6 Å². The third-order valence-electron chi connectivity index (χ3n) is 4.47. The lowest BCUT2D eigenvalue weighted by atomic mass is 9.97. The Kier molecular flexibility index (Phi) is 5.40. The molecular formula is C17H24N2O3. The van der Waals surface area contributed by atoms with Gasteiger partial charge in [0.15, 0.2) is 0 Å². The summed E-state index contributed by atoms with van der Waals surface area (Å²) in [6.45, 7) is 3.58. The summed E-state index contributed by atoms with van der Waals surface area (Å²) in [6.07, 6.45) is 7.49. The van der Waals surface area contributed by atoms with Gasteiger partial charge in [-0.3, -0.25) is 9.78 Å². The zero-order valence-electron chi connectivity index (χ0n) is 12.9. The third-order valence-corrected chi connectivity index (χ3v) is 4.47. The minimum atomic E-state index is 0.137. The molecule has 0 N–H and O–H groups in total. The Morgan fingerprint density at radius 1 is 1.36 bits per heavy atom. The quantitative estimate of drug-likeness (QED) is 0.854. The van der Waals surface area contributed by atoms with Gasteiger partial charge in [0.1, 0.15) is 0 Å². The highest BCUT2D eigenvalue weighted by Crippen LogP contribution is 2.22. The van der Waals surface area contributed by atoms with E-state index in [1.54, 1.807) is 6.20 Å². The molecule has 1 amide bonds. The SMILES string of the molecule is O=C(C1CCOCC1)N1CCC[C@H](OCc2cccnc2)C1. The molecule has 0 aromatic carbocycles. The zero-order chi connectivity index (χ0) is 15.2. The molecule has 1 atom stereocenters. The minimum Gasteiger partial charge on any atom is -0.381 e. The molecule has 0 aliphatic carbocycles. The monoisotopic (exact) mass is 304 g/mol. The van der Waals surface area contributed by atoms with Crippen molar-refractivity contribution in [1.29, 1.82) is 0 Å². The lowest BCUT2D eigenvalue weighted by molar-refractivity contribution is -0.142. The molecule has 0 spiro atoms. The number of likely N-dealkylation sites (tertiary alicyclic amines) is 1. The first-order valence-electron chi connectivity index (χ1n) is 8.20. The summed E-state index contributed by atoms with van der Waals surface area (Å²) in [7, 11) is 0. The molecule has 2 saturated heterocycles. The number of hydrogen-bond donors (Lipinski definition) is 0. The van der Waals surface area contributed by atoms with Crippen LogP contribution in [0.2, 0.25) is 0 Å². The average Bonchev–Trinajstić information content (AvgIpc) is 2.61. The highest BCUT2D eigenvalue weighted by Gasteiger charge is 2.30. The molecular weight excluding hydrogens is 280 g/mol. The van der Waals surface area contributed by atoms with E-state index in [9.17, 15) is 4.79 Å². The molecule has 2 fully saturated rings. The maximum Gasteiger partial charge on any atom is 0.225 e. The Hall–Kier alpha value is -1.46. The van der Waals surface area contributed by atoms with Crippen molar-refractivity contribution in [2.24, 2.45) is 5.92 Å². The molecule has 2 aliphatic rings. The van der Waals surface area contributed by atoms with Crippen LogP contribution in [-0.4, -0.2) is 48.2 Å². The molecule has 0 radical (unpaired) electrons. The lowest BCUT2D eigenvalue weighted by Crippen LogP contribution is -2.46. The molecule has 3 heterocycles. The second-order valence-corrected chi connectivity index (χ2v) is 6.11. The highest BCUT2D eigenvalue weighted by atomic mass is 16.5. The van der Waals surface area contributed by atoms with Crippen LogP contribution < -0.4 is 0 Å². The van der Waals surface area contributed by atoms with Gasteiger partial charge >= 0.3 is 0 Å². The van der Waals surface area contributed by atoms with Crippen molar-refractivity contribution < 1.29 is 14.3 Å². The van der Waals surface area contributed by atoms with Crippen molar-refractivity contribution in [3.8, 4) is 0 Å². The maximum atomic E-state index is 12.6. The number of carbonyl (C=O) groups excluding carboxylic acids is 1. The van der Waals surface area contributed by atoms with Gasteiger partial charge in [-0.25, -0.2) is 0 Å². The fourth-order valence-electron chi connectivity index (χ4n) is 3.17. The van der Waals surface area contributed by atoms with Gasteiger partial charge in [-0.15, -0.1) is 0 Å². The zero-order valence-corrected chi connectivity index (χ0v) is 12.9. The van der Waals surface area contributed by atoms with Gasteiger partial charge in [-0.1, -0.05) is 6.07 Å². The summed E-state index contributed by atoms with van der Waals surface area (Å²) in [5, 5.41) is 0. The van der Waals surface area contributed by atoms with Crippen molar-refractivity contribution in [3.05, 3.63) is 30.1 Å². The van der Waals surface area contributed by atoms with Crippen LogP contribution in [0.25, 0.3) is 0 Å². The van der Waals surface area contributed by atoms with Crippen molar-refractivity contribution >= 4 is 5.91 Å². The number of piperidine rings is 1. The largest absolute Gasteiger partial charge is 0.381 e. The van der Waals surface area contributed by atoms with E-state index in [2.05, 4.69) is 4.98 Å². The molecule has 0 unspecified atom stereocenters. The van der Waals surface area contributed by atoms with E-state index >= 15 is 0 Å². The first-order chi connectivity index (χ1) is 10.8. The van der Waals surface area contributed by atoms with Gasteiger partial charge in [0.25, 0.3) is 0 Å². The third kappa shape index (κ3) is 4.05.